The zero-order chi connectivity index (χ0) is 13.3. The Hall–Kier alpha value is 0.237. The average molecular weight is 276 g/mol. The van der Waals surface area contributed by atoms with Crippen LogP contribution >= 0.6 is 8.03 Å². The molecule has 0 aromatic rings. The van der Waals surface area contributed by atoms with Crippen LogP contribution in [0.2, 0.25) is 18.1 Å². The van der Waals surface area contributed by atoms with Crippen LogP contribution in [0.3, 0.4) is 0 Å². The lowest BCUT2D eigenvalue weighted by Crippen LogP contribution is -2.43. The van der Waals surface area contributed by atoms with E-state index in [-0.39, 0.29) is 11.1 Å². The highest BCUT2D eigenvalue weighted by Crippen LogP contribution is 2.41. The topological polar surface area (TPSA) is 49.4 Å². The van der Waals surface area contributed by atoms with Gasteiger partial charge in [-0.15, -0.1) is 0 Å². The maximum absolute atomic E-state index is 10.7. The van der Waals surface area contributed by atoms with Crippen molar-refractivity contribution in [2.75, 3.05) is 6.16 Å². The highest BCUT2D eigenvalue weighted by atomic mass is 31.1. The quantitative estimate of drug-likeness (QED) is 0.585. The van der Waals surface area contributed by atoms with Gasteiger partial charge in [0, 0.05) is 12.0 Å². The summed E-state index contributed by atoms with van der Waals surface area (Å²) in [7, 11) is -3.92. The maximum atomic E-state index is 10.7. The normalized spacial score (nSPS) is 27.3. The van der Waals surface area contributed by atoms with E-state index in [2.05, 4.69) is 33.9 Å². The summed E-state index contributed by atoms with van der Waals surface area (Å²) in [6, 6.07) is 0. The lowest BCUT2D eigenvalue weighted by atomic mass is 10.1. The van der Waals surface area contributed by atoms with Crippen LogP contribution in [0.4, 0.5) is 0 Å². The van der Waals surface area contributed by atoms with E-state index < -0.39 is 16.3 Å². The predicted octanol–water partition coefficient (Wildman–Crippen LogP) is 3.28. The molecule has 0 heterocycles. The first kappa shape index (κ1) is 15.3. The smallest absolute Gasteiger partial charge is 0.309 e. The molecule has 17 heavy (non-hydrogen) atoms. The molecule has 3 nitrogen and oxygen atoms in total. The molecule has 0 bridgehead atoms. The Balaban J connectivity index is 2.48. The van der Waals surface area contributed by atoms with Crippen molar-refractivity contribution >= 4 is 16.3 Å². The van der Waals surface area contributed by atoms with Crippen molar-refractivity contribution in [1.29, 1.82) is 0 Å². The first-order chi connectivity index (χ1) is 7.62. The van der Waals surface area contributed by atoms with Crippen molar-refractivity contribution in [3.8, 4) is 0 Å². The fourth-order valence-corrected chi connectivity index (χ4v) is 4.26. The first-order valence-electron chi connectivity index (χ1n) is 6.41. The summed E-state index contributed by atoms with van der Waals surface area (Å²) in [5.74, 6) is 0.325. The van der Waals surface area contributed by atoms with Crippen molar-refractivity contribution < 1.29 is 13.9 Å². The van der Waals surface area contributed by atoms with Gasteiger partial charge >= 0.3 is 8.03 Å². The summed E-state index contributed by atoms with van der Waals surface area (Å²) >= 11 is 0. The predicted molar refractivity (Wildman–Crippen MR) is 71.9 cm³/mol. The molecule has 0 aliphatic heterocycles. The Labute approximate surface area is 107 Å². The van der Waals surface area contributed by atoms with Crippen LogP contribution in [0.1, 0.15) is 40.0 Å². The van der Waals surface area contributed by atoms with Crippen LogP contribution in [-0.4, -0.2) is 20.6 Å². The van der Waals surface area contributed by atoms with E-state index in [1.807, 2.05) is 0 Å². The van der Waals surface area contributed by atoms with Gasteiger partial charge in [-0.1, -0.05) is 25.3 Å². The molecule has 5 heteroatoms. The Kier molecular flexibility index (Phi) is 4.93. The van der Waals surface area contributed by atoms with E-state index in [4.69, 9.17) is 4.43 Å². The monoisotopic (exact) mass is 276 g/mol. The van der Waals surface area contributed by atoms with E-state index >= 15 is 0 Å². The van der Waals surface area contributed by atoms with Gasteiger partial charge < -0.3 is 9.32 Å². The standard InChI is InChI=1S/C12H25O3PSi/c1-12(2,3)17(4,5)15-11-7-6-10(8-11)9-16(13)14/h10-11H,6-9H2,1-5H3. The molecule has 1 fully saturated rings. The van der Waals surface area contributed by atoms with Crippen molar-refractivity contribution in [3.05, 3.63) is 0 Å². The van der Waals surface area contributed by atoms with Crippen molar-refractivity contribution in [3.63, 3.8) is 0 Å². The number of hydrogen-bond acceptors (Lipinski definition) is 3. The van der Waals surface area contributed by atoms with E-state index in [1.165, 1.54) is 0 Å². The second kappa shape index (κ2) is 5.48. The second-order valence-electron chi connectivity index (χ2n) is 6.69. The summed E-state index contributed by atoms with van der Waals surface area (Å²) in [4.78, 5) is 10.7. The van der Waals surface area contributed by atoms with Crippen molar-refractivity contribution in [1.82, 2.24) is 0 Å². The van der Waals surface area contributed by atoms with Crippen LogP contribution in [0.5, 0.6) is 0 Å². The fourth-order valence-electron chi connectivity index (χ4n) is 2.11. The highest BCUT2D eigenvalue weighted by molar-refractivity contribution is 7.36. The van der Waals surface area contributed by atoms with Crippen molar-refractivity contribution in [2.45, 2.75) is 64.3 Å². The van der Waals surface area contributed by atoms with E-state index in [0.29, 0.717) is 12.1 Å². The Bertz CT molecular complexity index is 286. The highest BCUT2D eigenvalue weighted by Gasteiger charge is 2.41. The van der Waals surface area contributed by atoms with Gasteiger partial charge in [-0.3, -0.25) is 0 Å². The zero-order valence-electron chi connectivity index (χ0n) is 11.7. The molecule has 1 aliphatic carbocycles. The van der Waals surface area contributed by atoms with Gasteiger partial charge in [0.05, 0.1) is 0 Å². The van der Waals surface area contributed by atoms with Gasteiger partial charge in [-0.05, 0) is 37.4 Å². The summed E-state index contributed by atoms with van der Waals surface area (Å²) in [5, 5.41) is 0.231. The maximum Gasteiger partial charge on any atom is 0.309 e. The molecule has 0 spiro atoms. The molecule has 0 aromatic heterocycles. The molecule has 1 saturated carbocycles. The second-order valence-corrected chi connectivity index (χ2v) is 12.5. The van der Waals surface area contributed by atoms with Gasteiger partial charge in [0.2, 0.25) is 0 Å². The van der Waals surface area contributed by atoms with Crippen LogP contribution in [0, 0.1) is 5.92 Å². The fraction of sp³-hybridized carbons (Fsp3) is 1.00. The van der Waals surface area contributed by atoms with Gasteiger partial charge in [0.1, 0.15) is 6.16 Å². The summed E-state index contributed by atoms with van der Waals surface area (Å²) in [5.41, 5.74) is 0. The molecule has 0 N–H and O–H groups in total. The summed E-state index contributed by atoms with van der Waals surface area (Å²) in [6.07, 6.45) is 3.58. The summed E-state index contributed by atoms with van der Waals surface area (Å²) < 4.78 is 17.0. The molecular weight excluding hydrogens is 251 g/mol. The third-order valence-electron chi connectivity index (χ3n) is 4.17. The minimum absolute atomic E-state index is 0.231. The van der Waals surface area contributed by atoms with Crippen LogP contribution in [0.15, 0.2) is 0 Å². The van der Waals surface area contributed by atoms with Gasteiger partial charge in [0.25, 0.3) is 0 Å². The molecule has 100 valence electrons. The minimum Gasteiger partial charge on any atom is -0.596 e. The Morgan fingerprint density at radius 1 is 1.35 bits per heavy atom. The van der Waals surface area contributed by atoms with Crippen molar-refractivity contribution in [2.24, 2.45) is 5.92 Å². The Morgan fingerprint density at radius 2 is 1.94 bits per heavy atom. The van der Waals surface area contributed by atoms with Gasteiger partial charge in [0.15, 0.2) is 8.32 Å². The third kappa shape index (κ3) is 4.44. The lowest BCUT2D eigenvalue weighted by molar-refractivity contribution is -0.164. The summed E-state index contributed by atoms with van der Waals surface area (Å²) in [6.45, 7) is 11.2. The molecule has 0 aromatic carbocycles. The molecular formula is C12H25O3PSi. The molecule has 0 amide bonds. The largest absolute Gasteiger partial charge is 0.596 e. The van der Waals surface area contributed by atoms with E-state index in [1.54, 1.807) is 0 Å². The van der Waals surface area contributed by atoms with E-state index in [0.717, 1.165) is 19.3 Å². The lowest BCUT2D eigenvalue weighted by Gasteiger charge is -2.38. The molecule has 3 unspecified atom stereocenters. The van der Waals surface area contributed by atoms with Crippen LogP contribution < -0.4 is 4.89 Å². The van der Waals surface area contributed by atoms with Crippen LogP contribution in [-0.2, 0) is 8.99 Å². The number of hydrogen-bond donors (Lipinski definition) is 0. The molecule has 1 aliphatic rings. The third-order valence-corrected chi connectivity index (χ3v) is 9.52. The van der Waals surface area contributed by atoms with Crippen LogP contribution in [0.25, 0.3) is 0 Å². The molecule has 3 atom stereocenters. The van der Waals surface area contributed by atoms with Gasteiger partial charge in [-0.2, -0.15) is 0 Å². The SMILES string of the molecule is CC(C)(C)[Si](C)(C)OC1CCC(C[P+](=O)[O-])C1. The first-order valence-corrected chi connectivity index (χ1v) is 10.7. The molecule has 1 rings (SSSR count). The average Bonchev–Trinajstić information content (AvgIpc) is 2.48. The van der Waals surface area contributed by atoms with Gasteiger partial charge in [-0.25, -0.2) is 0 Å². The molecule has 0 saturated heterocycles. The zero-order valence-corrected chi connectivity index (χ0v) is 13.5. The molecule has 0 radical (unpaired) electrons. The minimum atomic E-state index is -2.23. The Morgan fingerprint density at radius 3 is 2.41 bits per heavy atom. The van der Waals surface area contributed by atoms with E-state index in [9.17, 15) is 9.46 Å². The number of rotatable bonds is 4.